The Hall–Kier alpha value is -2.87. The Morgan fingerprint density at radius 2 is 2.00 bits per heavy atom. The minimum absolute atomic E-state index is 0.122. The van der Waals surface area contributed by atoms with E-state index in [9.17, 15) is 10.1 Å². The van der Waals surface area contributed by atoms with E-state index in [2.05, 4.69) is 16.4 Å². The fraction of sp³-hybridized carbons (Fsp3) is 0.235. The van der Waals surface area contributed by atoms with Crippen LogP contribution in [0.4, 0.5) is 11.5 Å². The van der Waals surface area contributed by atoms with Gasteiger partial charge in [-0.1, -0.05) is 19.1 Å². The molecule has 0 atom stereocenters. The van der Waals surface area contributed by atoms with Crippen molar-refractivity contribution in [3.63, 3.8) is 0 Å². The van der Waals surface area contributed by atoms with Crippen molar-refractivity contribution in [1.82, 2.24) is 4.98 Å². The first kappa shape index (κ1) is 15.5. The van der Waals surface area contributed by atoms with E-state index < -0.39 is 0 Å². The van der Waals surface area contributed by atoms with Crippen molar-refractivity contribution in [2.24, 2.45) is 0 Å². The van der Waals surface area contributed by atoms with E-state index in [1.807, 2.05) is 26.0 Å². The molecule has 0 bridgehead atoms. The third kappa shape index (κ3) is 2.91. The van der Waals surface area contributed by atoms with Crippen molar-refractivity contribution in [3.8, 4) is 17.2 Å². The van der Waals surface area contributed by atoms with Gasteiger partial charge < -0.3 is 11.1 Å². The minimum atomic E-state index is -0.122. The lowest BCUT2D eigenvalue weighted by molar-refractivity contribution is -0.114. The number of carbonyl (C=O) groups excluding carboxylic acids is 1. The van der Waals surface area contributed by atoms with Crippen molar-refractivity contribution >= 4 is 17.4 Å². The Bertz CT molecular complexity index is 757. The lowest BCUT2D eigenvalue weighted by Gasteiger charge is -2.14. The van der Waals surface area contributed by atoms with Gasteiger partial charge in [0.05, 0.1) is 0 Å². The summed E-state index contributed by atoms with van der Waals surface area (Å²) in [5.41, 5.74) is 10.6. The van der Waals surface area contributed by atoms with Crippen LogP contribution in [0.25, 0.3) is 11.1 Å². The topological polar surface area (TPSA) is 91.8 Å². The van der Waals surface area contributed by atoms with E-state index in [-0.39, 0.29) is 11.7 Å². The molecule has 1 heterocycles. The number of carbonyl (C=O) groups is 1. The van der Waals surface area contributed by atoms with E-state index in [0.29, 0.717) is 11.3 Å². The average Bonchev–Trinajstić information content (AvgIpc) is 2.49. The van der Waals surface area contributed by atoms with Crippen molar-refractivity contribution in [3.05, 3.63) is 41.1 Å². The Kier molecular flexibility index (Phi) is 4.42. The number of nitrogens with zero attached hydrogens (tertiary/aromatic N) is 2. The highest BCUT2D eigenvalue weighted by molar-refractivity contribution is 5.89. The molecule has 3 N–H and O–H groups in total. The number of nitrogens with one attached hydrogen (secondary N) is 1. The van der Waals surface area contributed by atoms with Crippen LogP contribution in [0.3, 0.4) is 0 Å². The van der Waals surface area contributed by atoms with Crippen LogP contribution in [-0.2, 0) is 11.2 Å². The highest BCUT2D eigenvalue weighted by Crippen LogP contribution is 2.32. The molecule has 0 aliphatic carbocycles. The first-order valence-electron chi connectivity index (χ1n) is 7.05. The van der Waals surface area contributed by atoms with Crippen molar-refractivity contribution < 1.29 is 4.79 Å². The van der Waals surface area contributed by atoms with Crippen LogP contribution in [0.1, 0.15) is 30.7 Å². The van der Waals surface area contributed by atoms with Crippen molar-refractivity contribution in [1.29, 1.82) is 5.26 Å². The Morgan fingerprint density at radius 3 is 2.50 bits per heavy atom. The third-order valence-electron chi connectivity index (χ3n) is 3.51. The van der Waals surface area contributed by atoms with Gasteiger partial charge in [-0.3, -0.25) is 4.79 Å². The quantitative estimate of drug-likeness (QED) is 0.910. The molecule has 1 amide bonds. The third-order valence-corrected chi connectivity index (χ3v) is 3.51. The number of pyridine rings is 1. The SMILES string of the molecule is CCc1nc(N)c(C#N)c(-c2ccc(NC(C)=O)cc2)c1C. The molecule has 112 valence electrons. The number of hydrogen-bond donors (Lipinski definition) is 2. The molecule has 2 aromatic rings. The largest absolute Gasteiger partial charge is 0.383 e. The van der Waals surface area contributed by atoms with E-state index in [4.69, 9.17) is 5.73 Å². The normalized spacial score (nSPS) is 10.1. The van der Waals surface area contributed by atoms with Crippen molar-refractivity contribution in [2.75, 3.05) is 11.1 Å². The van der Waals surface area contributed by atoms with Gasteiger partial charge in [0.15, 0.2) is 0 Å². The van der Waals surface area contributed by atoms with Crippen LogP contribution in [-0.4, -0.2) is 10.9 Å². The van der Waals surface area contributed by atoms with E-state index >= 15 is 0 Å². The average molecular weight is 294 g/mol. The maximum atomic E-state index is 11.1. The van der Waals surface area contributed by atoms with E-state index in [1.54, 1.807) is 12.1 Å². The summed E-state index contributed by atoms with van der Waals surface area (Å²) in [4.78, 5) is 15.4. The molecule has 5 nitrogen and oxygen atoms in total. The van der Waals surface area contributed by atoms with Crippen LogP contribution in [0.2, 0.25) is 0 Å². The molecule has 0 fully saturated rings. The molecule has 0 radical (unpaired) electrons. The Labute approximate surface area is 129 Å². The summed E-state index contributed by atoms with van der Waals surface area (Å²) >= 11 is 0. The van der Waals surface area contributed by atoms with Gasteiger partial charge in [0.25, 0.3) is 0 Å². The van der Waals surface area contributed by atoms with Crippen LogP contribution in [0, 0.1) is 18.3 Å². The van der Waals surface area contributed by atoms with Gasteiger partial charge in [-0.15, -0.1) is 0 Å². The molecule has 0 saturated carbocycles. The highest BCUT2D eigenvalue weighted by Gasteiger charge is 2.16. The molecule has 2 rings (SSSR count). The number of nitriles is 1. The van der Waals surface area contributed by atoms with Gasteiger partial charge in [-0.25, -0.2) is 4.98 Å². The predicted molar refractivity (Wildman–Crippen MR) is 87.2 cm³/mol. The van der Waals surface area contributed by atoms with Gasteiger partial charge in [-0.2, -0.15) is 5.26 Å². The number of nitrogens with two attached hydrogens (primary N) is 1. The Balaban J connectivity index is 2.59. The number of hydrogen-bond acceptors (Lipinski definition) is 4. The lowest BCUT2D eigenvalue weighted by Crippen LogP contribution is -2.06. The molecular formula is C17H18N4O. The fourth-order valence-electron chi connectivity index (χ4n) is 2.49. The second-order valence-electron chi connectivity index (χ2n) is 5.04. The van der Waals surface area contributed by atoms with Crippen molar-refractivity contribution in [2.45, 2.75) is 27.2 Å². The molecule has 0 aliphatic heterocycles. The molecule has 22 heavy (non-hydrogen) atoms. The van der Waals surface area contributed by atoms with Crippen LogP contribution < -0.4 is 11.1 Å². The standard InChI is InChI=1S/C17H18N4O/c1-4-15-10(2)16(14(9-18)17(19)21-15)12-5-7-13(8-6-12)20-11(3)22/h5-8H,4H2,1-3H3,(H2,19,21)(H,20,22). The van der Waals surface area contributed by atoms with E-state index in [1.165, 1.54) is 6.92 Å². The number of benzene rings is 1. The summed E-state index contributed by atoms with van der Waals surface area (Å²) in [6.07, 6.45) is 0.749. The molecule has 1 aromatic heterocycles. The molecule has 0 aliphatic rings. The highest BCUT2D eigenvalue weighted by atomic mass is 16.1. The van der Waals surface area contributed by atoms with Gasteiger partial charge in [0.1, 0.15) is 17.5 Å². The predicted octanol–water partition coefficient (Wildman–Crippen LogP) is 3.03. The second kappa shape index (κ2) is 6.27. The van der Waals surface area contributed by atoms with Gasteiger partial charge >= 0.3 is 0 Å². The Morgan fingerprint density at radius 1 is 1.36 bits per heavy atom. The summed E-state index contributed by atoms with van der Waals surface area (Å²) in [6, 6.07) is 9.49. The molecule has 1 aromatic carbocycles. The number of aromatic nitrogens is 1. The monoisotopic (exact) mass is 294 g/mol. The second-order valence-corrected chi connectivity index (χ2v) is 5.04. The lowest BCUT2D eigenvalue weighted by atomic mass is 9.94. The summed E-state index contributed by atoms with van der Waals surface area (Å²) in [5.74, 6) is 0.133. The number of aryl methyl sites for hydroxylation is 1. The first-order chi connectivity index (χ1) is 10.5. The summed E-state index contributed by atoms with van der Waals surface area (Å²) in [6.45, 7) is 5.41. The zero-order chi connectivity index (χ0) is 16.3. The fourth-order valence-corrected chi connectivity index (χ4v) is 2.49. The number of amides is 1. The number of anilines is 2. The number of rotatable bonds is 3. The molecule has 5 heteroatoms. The zero-order valence-electron chi connectivity index (χ0n) is 12.9. The summed E-state index contributed by atoms with van der Waals surface area (Å²) in [5, 5.41) is 12.1. The van der Waals surface area contributed by atoms with Gasteiger partial charge in [-0.05, 0) is 36.6 Å². The molecule has 0 spiro atoms. The van der Waals surface area contributed by atoms with E-state index in [0.717, 1.165) is 28.8 Å². The molecule has 0 saturated heterocycles. The summed E-state index contributed by atoms with van der Waals surface area (Å²) in [7, 11) is 0. The van der Waals surface area contributed by atoms with Crippen LogP contribution >= 0.6 is 0 Å². The maximum Gasteiger partial charge on any atom is 0.221 e. The van der Waals surface area contributed by atoms with Gasteiger partial charge in [0.2, 0.25) is 5.91 Å². The van der Waals surface area contributed by atoms with Gasteiger partial charge in [0, 0.05) is 23.9 Å². The molecule has 0 unspecified atom stereocenters. The smallest absolute Gasteiger partial charge is 0.221 e. The maximum absolute atomic E-state index is 11.1. The minimum Gasteiger partial charge on any atom is -0.383 e. The number of nitrogen functional groups attached to an aromatic ring is 1. The summed E-state index contributed by atoms with van der Waals surface area (Å²) < 4.78 is 0. The van der Waals surface area contributed by atoms with Crippen LogP contribution in [0.15, 0.2) is 24.3 Å². The van der Waals surface area contributed by atoms with Crippen LogP contribution in [0.5, 0.6) is 0 Å². The first-order valence-corrected chi connectivity index (χ1v) is 7.05. The molecular weight excluding hydrogens is 276 g/mol. The zero-order valence-corrected chi connectivity index (χ0v) is 12.9.